The first-order chi connectivity index (χ1) is 14.6. The van der Waals surface area contributed by atoms with Gasteiger partial charge in [0.15, 0.2) is 0 Å². The number of Topliss-reactive ketones (excluding diaryl/α,β-unsaturated/α-hetero) is 1. The molecule has 1 heterocycles. The molecule has 0 radical (unpaired) electrons. The fourth-order valence-corrected chi connectivity index (χ4v) is 4.18. The summed E-state index contributed by atoms with van der Waals surface area (Å²) in [5, 5.41) is 3.53. The number of nitrogens with one attached hydrogen (secondary N) is 1. The minimum absolute atomic E-state index is 0.0892. The lowest BCUT2D eigenvalue weighted by Crippen LogP contribution is -2.39. The van der Waals surface area contributed by atoms with Gasteiger partial charge in [-0.25, -0.2) is 0 Å². The van der Waals surface area contributed by atoms with Crippen molar-refractivity contribution in [3.63, 3.8) is 0 Å². The van der Waals surface area contributed by atoms with Crippen LogP contribution in [0.4, 0.5) is 0 Å². The number of rotatable bonds is 10. The second-order valence-electron chi connectivity index (χ2n) is 7.86. The highest BCUT2D eigenvalue weighted by atomic mass is 16.1. The number of hydrogen-bond donors (Lipinski definition) is 1. The van der Waals surface area contributed by atoms with E-state index in [9.17, 15) is 9.59 Å². The Hall–Kier alpha value is -3.20. The Morgan fingerprint density at radius 1 is 1.07 bits per heavy atom. The van der Waals surface area contributed by atoms with Crippen LogP contribution in [-0.2, 0) is 22.4 Å². The number of aldehydes is 1. The summed E-state index contributed by atoms with van der Waals surface area (Å²) in [6.07, 6.45) is 8.00. The molecular weight excluding hydrogens is 370 g/mol. The van der Waals surface area contributed by atoms with Crippen LogP contribution in [0.3, 0.4) is 0 Å². The summed E-state index contributed by atoms with van der Waals surface area (Å²) in [6, 6.07) is 19.9. The quantitative estimate of drug-likeness (QED) is 0.459. The van der Waals surface area contributed by atoms with Crippen molar-refractivity contribution < 1.29 is 9.59 Å². The maximum atomic E-state index is 12.7. The molecule has 1 aliphatic heterocycles. The van der Waals surface area contributed by atoms with Crippen LogP contribution in [0.15, 0.2) is 96.7 Å². The van der Waals surface area contributed by atoms with Gasteiger partial charge in [-0.15, -0.1) is 0 Å². The van der Waals surface area contributed by atoms with E-state index in [0.29, 0.717) is 6.42 Å². The minimum atomic E-state index is -0.375. The molecule has 0 aliphatic carbocycles. The lowest BCUT2D eigenvalue weighted by Gasteiger charge is -2.26. The summed E-state index contributed by atoms with van der Waals surface area (Å²) in [5.74, 6) is -0.137. The van der Waals surface area contributed by atoms with Crippen LogP contribution in [0, 0.1) is 11.8 Å². The van der Waals surface area contributed by atoms with E-state index in [1.807, 2.05) is 60.7 Å². The van der Waals surface area contributed by atoms with E-state index in [2.05, 4.69) is 31.0 Å². The highest BCUT2D eigenvalue weighted by Crippen LogP contribution is 2.34. The smallest absolute Gasteiger partial charge is 0.138 e. The van der Waals surface area contributed by atoms with E-state index in [1.165, 1.54) is 11.1 Å². The van der Waals surface area contributed by atoms with Crippen molar-refractivity contribution in [3.05, 3.63) is 108 Å². The molecule has 3 rings (SSSR count). The maximum Gasteiger partial charge on any atom is 0.138 e. The standard InChI is InChI=1S/C27H29NO2/c1-3-4-15-26-20(2)25(17-22-13-9-6-10-14-22)27(28-26)23(19-29)18-24(30)16-21-11-7-5-8-12-21/h3-15,19,23,25,27-28H,1,16-18H2,2H3/b15-4-. The first-order valence-corrected chi connectivity index (χ1v) is 10.4. The van der Waals surface area contributed by atoms with Crippen molar-refractivity contribution in [3.8, 4) is 0 Å². The second-order valence-corrected chi connectivity index (χ2v) is 7.86. The van der Waals surface area contributed by atoms with Gasteiger partial charge in [0.05, 0.1) is 0 Å². The molecule has 0 fully saturated rings. The van der Waals surface area contributed by atoms with Crippen molar-refractivity contribution in [1.82, 2.24) is 5.32 Å². The number of carbonyl (C=O) groups excluding carboxylic acids is 2. The molecular formula is C27H29NO2. The molecule has 0 aromatic heterocycles. The van der Waals surface area contributed by atoms with E-state index in [1.54, 1.807) is 6.08 Å². The lowest BCUT2D eigenvalue weighted by molar-refractivity contribution is -0.123. The number of carbonyl (C=O) groups is 2. The van der Waals surface area contributed by atoms with Gasteiger partial charge in [-0.2, -0.15) is 0 Å². The molecule has 1 N–H and O–H groups in total. The summed E-state index contributed by atoms with van der Waals surface area (Å²) < 4.78 is 0. The van der Waals surface area contributed by atoms with E-state index in [4.69, 9.17) is 0 Å². The van der Waals surface area contributed by atoms with E-state index in [-0.39, 0.29) is 30.1 Å². The number of ketones is 1. The van der Waals surface area contributed by atoms with Gasteiger partial charge >= 0.3 is 0 Å². The largest absolute Gasteiger partial charge is 0.381 e. The molecule has 0 amide bonds. The third-order valence-corrected chi connectivity index (χ3v) is 5.78. The Morgan fingerprint density at radius 2 is 1.70 bits per heavy atom. The molecule has 2 aromatic rings. The van der Waals surface area contributed by atoms with Crippen LogP contribution in [-0.4, -0.2) is 18.1 Å². The lowest BCUT2D eigenvalue weighted by atomic mass is 9.80. The predicted octanol–water partition coefficient (Wildman–Crippen LogP) is 4.85. The average Bonchev–Trinajstić information content (AvgIpc) is 3.07. The molecule has 0 spiro atoms. The van der Waals surface area contributed by atoms with Crippen LogP contribution in [0.1, 0.15) is 24.5 Å². The monoisotopic (exact) mass is 399 g/mol. The first kappa shape index (κ1) is 21.5. The molecule has 3 atom stereocenters. The highest BCUT2D eigenvalue weighted by molar-refractivity contribution is 5.83. The van der Waals surface area contributed by atoms with Gasteiger partial charge in [-0.1, -0.05) is 79.4 Å². The topological polar surface area (TPSA) is 46.2 Å². The van der Waals surface area contributed by atoms with E-state index in [0.717, 1.165) is 24.0 Å². The molecule has 3 unspecified atom stereocenters. The highest BCUT2D eigenvalue weighted by Gasteiger charge is 2.37. The Morgan fingerprint density at radius 3 is 2.30 bits per heavy atom. The summed E-state index contributed by atoms with van der Waals surface area (Å²) in [5.41, 5.74) is 4.44. The first-order valence-electron chi connectivity index (χ1n) is 10.4. The summed E-state index contributed by atoms with van der Waals surface area (Å²) in [6.45, 7) is 5.85. The molecule has 3 heteroatoms. The minimum Gasteiger partial charge on any atom is -0.381 e. The van der Waals surface area contributed by atoms with Gasteiger partial charge in [-0.3, -0.25) is 4.79 Å². The molecule has 0 saturated carbocycles. The predicted molar refractivity (Wildman–Crippen MR) is 122 cm³/mol. The Labute approximate surface area is 179 Å². The van der Waals surface area contributed by atoms with Gasteiger partial charge in [0.2, 0.25) is 0 Å². The summed E-state index contributed by atoms with van der Waals surface area (Å²) in [7, 11) is 0. The fraction of sp³-hybridized carbons (Fsp3) is 0.259. The average molecular weight is 400 g/mol. The molecule has 30 heavy (non-hydrogen) atoms. The molecule has 0 bridgehead atoms. The Kier molecular flexibility index (Phi) is 7.56. The normalized spacial score (nSPS) is 19.5. The van der Waals surface area contributed by atoms with Gasteiger partial charge in [0.1, 0.15) is 12.1 Å². The van der Waals surface area contributed by atoms with Crippen molar-refractivity contribution >= 4 is 12.1 Å². The van der Waals surface area contributed by atoms with Crippen molar-refractivity contribution in [2.45, 2.75) is 32.2 Å². The molecule has 154 valence electrons. The van der Waals surface area contributed by atoms with Crippen molar-refractivity contribution in [1.29, 1.82) is 0 Å². The zero-order chi connectivity index (χ0) is 21.3. The number of hydrogen-bond acceptors (Lipinski definition) is 3. The van der Waals surface area contributed by atoms with Gasteiger partial charge in [-0.05, 0) is 36.1 Å². The maximum absolute atomic E-state index is 12.7. The zero-order valence-corrected chi connectivity index (χ0v) is 17.5. The van der Waals surface area contributed by atoms with Crippen LogP contribution in [0.2, 0.25) is 0 Å². The summed E-state index contributed by atoms with van der Waals surface area (Å²) in [4.78, 5) is 24.8. The van der Waals surface area contributed by atoms with Crippen LogP contribution in [0.5, 0.6) is 0 Å². The molecule has 1 aliphatic rings. The number of allylic oxidation sites excluding steroid dienone is 3. The van der Waals surface area contributed by atoms with Crippen molar-refractivity contribution in [2.24, 2.45) is 11.8 Å². The van der Waals surface area contributed by atoms with E-state index >= 15 is 0 Å². The zero-order valence-electron chi connectivity index (χ0n) is 17.5. The molecule has 2 aromatic carbocycles. The summed E-state index contributed by atoms with van der Waals surface area (Å²) >= 11 is 0. The molecule has 0 saturated heterocycles. The Balaban J connectivity index is 1.78. The van der Waals surface area contributed by atoms with E-state index < -0.39 is 0 Å². The van der Waals surface area contributed by atoms with Crippen molar-refractivity contribution in [2.75, 3.05) is 0 Å². The third kappa shape index (κ3) is 5.44. The van der Waals surface area contributed by atoms with Gasteiger partial charge in [0, 0.05) is 36.4 Å². The Bertz CT molecular complexity index is 928. The van der Waals surface area contributed by atoms with Gasteiger partial charge < -0.3 is 10.1 Å². The number of benzene rings is 2. The third-order valence-electron chi connectivity index (χ3n) is 5.78. The second kappa shape index (κ2) is 10.5. The van der Waals surface area contributed by atoms with Crippen LogP contribution < -0.4 is 5.32 Å². The fourth-order valence-electron chi connectivity index (χ4n) is 4.18. The van der Waals surface area contributed by atoms with Crippen LogP contribution in [0.25, 0.3) is 0 Å². The van der Waals surface area contributed by atoms with Gasteiger partial charge in [0.25, 0.3) is 0 Å². The molecule has 3 nitrogen and oxygen atoms in total. The van der Waals surface area contributed by atoms with Crippen LogP contribution >= 0.6 is 0 Å². The SMILES string of the molecule is C=C/C=C\C1=C(C)C(Cc2ccccc2)C(C(C=O)CC(=O)Cc2ccccc2)N1.